The molecule has 0 radical (unpaired) electrons. The highest BCUT2D eigenvalue weighted by molar-refractivity contribution is 7.89. The minimum atomic E-state index is -3.87. The molecule has 12 heteroatoms. The number of carbonyl (C=O) groups excluding carboxylic acids is 1. The van der Waals surface area contributed by atoms with Crippen LogP contribution in [0.3, 0.4) is 0 Å². The summed E-state index contributed by atoms with van der Waals surface area (Å²) in [7, 11) is -3.87. The number of carbonyl (C=O) groups is 1. The maximum atomic E-state index is 12.2. The van der Waals surface area contributed by atoms with Gasteiger partial charge in [-0.25, -0.2) is 33.2 Å². The van der Waals surface area contributed by atoms with E-state index in [0.717, 1.165) is 0 Å². The van der Waals surface area contributed by atoms with Gasteiger partial charge in [0.05, 0.1) is 16.6 Å². The zero-order chi connectivity index (χ0) is 21.5. The normalized spacial score (nSPS) is 19.3. The van der Waals surface area contributed by atoms with Crippen molar-refractivity contribution < 1.29 is 13.2 Å². The van der Waals surface area contributed by atoms with Crippen molar-refractivity contribution in [1.82, 2.24) is 30.3 Å². The number of primary sulfonamides is 1. The van der Waals surface area contributed by atoms with Gasteiger partial charge in [0.15, 0.2) is 11.5 Å². The van der Waals surface area contributed by atoms with Crippen LogP contribution in [0.2, 0.25) is 0 Å². The molecule has 1 amide bonds. The maximum absolute atomic E-state index is 12.2. The molecule has 1 fully saturated rings. The van der Waals surface area contributed by atoms with Crippen molar-refractivity contribution in [2.45, 2.75) is 30.2 Å². The number of hydrogen-bond donors (Lipinski definition) is 4. The van der Waals surface area contributed by atoms with Crippen molar-refractivity contribution in [3.05, 3.63) is 36.3 Å². The second-order valence-electron chi connectivity index (χ2n) is 7.12. The summed E-state index contributed by atoms with van der Waals surface area (Å²) in [6.45, 7) is 2.97. The first-order valence-electron chi connectivity index (χ1n) is 9.42. The molecule has 2 unspecified atom stereocenters. The monoisotopic (exact) mass is 430 g/mol. The first-order chi connectivity index (χ1) is 14.3. The number of amides is 1. The average Bonchev–Trinajstić information content (AvgIpc) is 3.35. The van der Waals surface area contributed by atoms with E-state index in [1.165, 1.54) is 23.1 Å². The van der Waals surface area contributed by atoms with Crippen LogP contribution in [0.4, 0.5) is 0 Å². The van der Waals surface area contributed by atoms with E-state index in [0.29, 0.717) is 47.8 Å². The topological polar surface area (TPSA) is 171 Å². The number of nitrogens with one attached hydrogen (secondary N) is 2. The number of aromatic nitrogens is 4. The molecule has 3 heterocycles. The number of sulfonamides is 1. The molecule has 2 atom stereocenters. The lowest BCUT2D eigenvalue weighted by molar-refractivity contribution is -0.122. The second kappa shape index (κ2) is 7.63. The molecule has 6 N–H and O–H groups in total. The fraction of sp³-hybridized carbons (Fsp3) is 0.333. The lowest BCUT2D eigenvalue weighted by Gasteiger charge is -2.12. The van der Waals surface area contributed by atoms with Gasteiger partial charge in [0.25, 0.3) is 0 Å². The van der Waals surface area contributed by atoms with Gasteiger partial charge >= 0.3 is 0 Å². The Morgan fingerprint density at radius 3 is 2.90 bits per heavy atom. The number of hydrogen-bond acceptors (Lipinski definition) is 8. The lowest BCUT2D eigenvalue weighted by atomic mass is 10.00. The molecule has 4 rings (SSSR count). The van der Waals surface area contributed by atoms with E-state index in [1.54, 1.807) is 12.1 Å². The van der Waals surface area contributed by atoms with Crippen molar-refractivity contribution in [2.75, 3.05) is 18.9 Å². The molecule has 1 aromatic carbocycles. The SMILES string of the molecule is CCNC(=O)C1CC(c2nc(-c3cccc(S(N)(=O)=O)c3)nc3c2ncn3N)CN1. The average molecular weight is 430 g/mol. The molecule has 0 aliphatic carbocycles. The summed E-state index contributed by atoms with van der Waals surface area (Å²) in [5.74, 6) is 6.13. The fourth-order valence-corrected chi connectivity index (χ4v) is 4.16. The Balaban J connectivity index is 1.78. The van der Waals surface area contributed by atoms with Crippen LogP contribution in [0.15, 0.2) is 35.5 Å². The number of fused-ring (bicyclic) bond motifs is 1. The van der Waals surface area contributed by atoms with E-state index in [4.69, 9.17) is 11.0 Å². The van der Waals surface area contributed by atoms with Crippen LogP contribution < -0.4 is 21.6 Å². The van der Waals surface area contributed by atoms with Crippen LogP contribution in [-0.4, -0.2) is 53.1 Å². The maximum Gasteiger partial charge on any atom is 0.238 e. The van der Waals surface area contributed by atoms with E-state index < -0.39 is 10.0 Å². The molecule has 1 saturated heterocycles. The van der Waals surface area contributed by atoms with Gasteiger partial charge in [-0.15, -0.1) is 0 Å². The molecule has 3 aromatic rings. The lowest BCUT2D eigenvalue weighted by Crippen LogP contribution is -2.40. The predicted octanol–water partition coefficient (Wildman–Crippen LogP) is -0.564. The number of likely N-dealkylation sites (N-methyl/N-ethyl adjacent to an activating group) is 1. The van der Waals surface area contributed by atoms with Crippen molar-refractivity contribution in [3.63, 3.8) is 0 Å². The molecule has 0 saturated carbocycles. The van der Waals surface area contributed by atoms with Gasteiger partial charge < -0.3 is 16.5 Å². The third kappa shape index (κ3) is 3.72. The smallest absolute Gasteiger partial charge is 0.238 e. The number of benzene rings is 1. The van der Waals surface area contributed by atoms with E-state index in [-0.39, 0.29) is 22.8 Å². The molecule has 30 heavy (non-hydrogen) atoms. The number of imidazole rings is 1. The summed E-state index contributed by atoms with van der Waals surface area (Å²) in [6.07, 6.45) is 1.99. The summed E-state index contributed by atoms with van der Waals surface area (Å²) in [6, 6.07) is 5.77. The molecular weight excluding hydrogens is 408 g/mol. The Kier molecular flexibility index (Phi) is 5.13. The minimum Gasteiger partial charge on any atom is -0.355 e. The highest BCUT2D eigenvalue weighted by atomic mass is 32.2. The molecule has 1 aliphatic heterocycles. The second-order valence-corrected chi connectivity index (χ2v) is 8.68. The van der Waals surface area contributed by atoms with E-state index in [2.05, 4.69) is 25.6 Å². The van der Waals surface area contributed by atoms with Gasteiger partial charge in [-0.05, 0) is 25.5 Å². The standard InChI is InChI=1S/C18H22N8O3S/c1-2-21-18(27)13-7-11(8-22-13)14-15-17(26(19)9-23-15)25-16(24-14)10-4-3-5-12(6-10)30(20,28)29/h3-6,9,11,13,22H,2,7-8,19H2,1H3,(H,21,27)(H2,20,28,29). The highest BCUT2D eigenvalue weighted by Gasteiger charge is 2.33. The Morgan fingerprint density at radius 1 is 1.37 bits per heavy atom. The number of nitrogens with two attached hydrogens (primary N) is 2. The van der Waals surface area contributed by atoms with E-state index in [1.807, 2.05) is 6.92 Å². The predicted molar refractivity (Wildman–Crippen MR) is 110 cm³/mol. The van der Waals surface area contributed by atoms with Crippen LogP contribution in [0.25, 0.3) is 22.6 Å². The van der Waals surface area contributed by atoms with Gasteiger partial charge in [-0.2, -0.15) is 0 Å². The zero-order valence-electron chi connectivity index (χ0n) is 16.2. The van der Waals surface area contributed by atoms with E-state index in [9.17, 15) is 13.2 Å². The van der Waals surface area contributed by atoms with Crippen molar-refractivity contribution in [3.8, 4) is 11.4 Å². The molecule has 0 spiro atoms. The van der Waals surface area contributed by atoms with Crippen LogP contribution in [0, 0.1) is 0 Å². The Labute approximate surface area is 172 Å². The molecule has 2 aromatic heterocycles. The van der Waals surface area contributed by atoms with Gasteiger partial charge in [0.1, 0.15) is 11.8 Å². The number of nitrogens with zero attached hydrogens (tertiary/aromatic N) is 4. The fourth-order valence-electron chi connectivity index (χ4n) is 3.61. The Morgan fingerprint density at radius 2 is 2.17 bits per heavy atom. The molecular formula is C18H22N8O3S. The van der Waals surface area contributed by atoms with Crippen molar-refractivity contribution >= 4 is 27.1 Å². The third-order valence-electron chi connectivity index (χ3n) is 5.05. The van der Waals surface area contributed by atoms with Gasteiger partial charge in [0, 0.05) is 24.6 Å². The van der Waals surface area contributed by atoms with Crippen molar-refractivity contribution in [2.24, 2.45) is 5.14 Å². The zero-order valence-corrected chi connectivity index (χ0v) is 17.1. The Bertz CT molecular complexity index is 1220. The molecule has 0 bridgehead atoms. The highest BCUT2D eigenvalue weighted by Crippen LogP contribution is 2.31. The first kappa shape index (κ1) is 20.2. The van der Waals surface area contributed by atoms with E-state index >= 15 is 0 Å². The first-order valence-corrected chi connectivity index (χ1v) is 11.0. The Hall–Kier alpha value is -3.09. The molecule has 1 aliphatic rings. The minimum absolute atomic E-state index is 0.0367. The van der Waals surface area contributed by atoms with Crippen LogP contribution in [-0.2, 0) is 14.8 Å². The van der Waals surface area contributed by atoms with Gasteiger partial charge in [0.2, 0.25) is 15.9 Å². The quantitative estimate of drug-likeness (QED) is 0.390. The van der Waals surface area contributed by atoms with Gasteiger partial charge in [-0.1, -0.05) is 12.1 Å². The van der Waals surface area contributed by atoms with Crippen molar-refractivity contribution in [1.29, 1.82) is 0 Å². The third-order valence-corrected chi connectivity index (χ3v) is 5.97. The van der Waals surface area contributed by atoms with Gasteiger partial charge in [-0.3, -0.25) is 4.79 Å². The molecule has 158 valence electrons. The molecule has 11 nitrogen and oxygen atoms in total. The van der Waals surface area contributed by atoms with Crippen LogP contribution in [0.5, 0.6) is 0 Å². The summed E-state index contributed by atoms with van der Waals surface area (Å²) in [5, 5.41) is 11.3. The van der Waals surface area contributed by atoms with Crippen LogP contribution >= 0.6 is 0 Å². The summed E-state index contributed by atoms with van der Waals surface area (Å²) >= 11 is 0. The summed E-state index contributed by atoms with van der Waals surface area (Å²) < 4.78 is 24.7. The largest absolute Gasteiger partial charge is 0.355 e. The summed E-state index contributed by atoms with van der Waals surface area (Å²) in [4.78, 5) is 25.6. The number of rotatable bonds is 5. The van der Waals surface area contributed by atoms with Crippen LogP contribution in [0.1, 0.15) is 25.0 Å². The summed E-state index contributed by atoms with van der Waals surface area (Å²) in [5.41, 5.74) is 2.10. The number of nitrogen functional groups attached to an aromatic ring is 1.